The van der Waals surface area contributed by atoms with E-state index in [4.69, 9.17) is 0 Å². The number of piperidine rings is 1. The highest BCUT2D eigenvalue weighted by Crippen LogP contribution is 2.40. The Labute approximate surface area is 142 Å². The van der Waals surface area contributed by atoms with E-state index in [-0.39, 0.29) is 5.91 Å². The van der Waals surface area contributed by atoms with Gasteiger partial charge in [0.05, 0.1) is 11.8 Å². The van der Waals surface area contributed by atoms with Crippen LogP contribution in [-0.2, 0) is 13.6 Å². The Morgan fingerprint density at radius 1 is 1.29 bits per heavy atom. The van der Waals surface area contributed by atoms with Crippen LogP contribution in [0.5, 0.6) is 0 Å². The number of likely N-dealkylation sites (tertiary alicyclic amines) is 1. The Balaban J connectivity index is 1.45. The first-order valence-electron chi connectivity index (χ1n) is 8.91. The molecule has 1 saturated carbocycles. The standard InChI is InChI=1S/C18H25N5O/c1-13-8-19-17(15-5-6-15)23(13)11-14-4-3-7-22(10-14)18(24)16-9-20-21(2)12-16/h8-9,12,14-15H,3-7,10-11H2,1-2H3. The van der Waals surface area contributed by atoms with Crippen LogP contribution in [0.2, 0.25) is 0 Å². The van der Waals surface area contributed by atoms with E-state index in [0.717, 1.165) is 26.1 Å². The lowest BCUT2D eigenvalue weighted by molar-refractivity contribution is 0.0661. The maximum atomic E-state index is 12.7. The molecule has 128 valence electrons. The number of carbonyl (C=O) groups is 1. The van der Waals surface area contributed by atoms with Crippen LogP contribution in [0.4, 0.5) is 0 Å². The van der Waals surface area contributed by atoms with E-state index in [1.807, 2.05) is 18.1 Å². The molecule has 2 aliphatic rings. The average molecular weight is 327 g/mol. The fourth-order valence-corrected chi connectivity index (χ4v) is 3.76. The Hall–Kier alpha value is -2.11. The van der Waals surface area contributed by atoms with Gasteiger partial charge in [0.1, 0.15) is 5.82 Å². The van der Waals surface area contributed by atoms with Gasteiger partial charge in [-0.15, -0.1) is 0 Å². The molecule has 2 aromatic heterocycles. The molecule has 6 nitrogen and oxygen atoms in total. The molecule has 1 atom stereocenters. The lowest BCUT2D eigenvalue weighted by atomic mass is 9.97. The van der Waals surface area contributed by atoms with Crippen molar-refractivity contribution in [3.63, 3.8) is 0 Å². The first-order chi connectivity index (χ1) is 11.6. The molecular formula is C18H25N5O. The number of amides is 1. The molecular weight excluding hydrogens is 302 g/mol. The summed E-state index contributed by atoms with van der Waals surface area (Å²) < 4.78 is 4.08. The van der Waals surface area contributed by atoms with Gasteiger partial charge in [0.15, 0.2) is 0 Å². The molecule has 0 bridgehead atoms. The smallest absolute Gasteiger partial charge is 0.257 e. The molecule has 1 unspecified atom stereocenters. The van der Waals surface area contributed by atoms with Gasteiger partial charge < -0.3 is 9.47 Å². The summed E-state index contributed by atoms with van der Waals surface area (Å²) in [5.41, 5.74) is 1.93. The van der Waals surface area contributed by atoms with Gasteiger partial charge in [-0.2, -0.15) is 5.10 Å². The molecule has 3 heterocycles. The van der Waals surface area contributed by atoms with E-state index in [1.165, 1.54) is 30.8 Å². The number of aromatic nitrogens is 4. The molecule has 2 fully saturated rings. The normalized spacial score (nSPS) is 21.2. The zero-order valence-electron chi connectivity index (χ0n) is 14.5. The lowest BCUT2D eigenvalue weighted by Crippen LogP contribution is -2.41. The van der Waals surface area contributed by atoms with Crippen LogP contribution in [0.25, 0.3) is 0 Å². The summed E-state index contributed by atoms with van der Waals surface area (Å²) in [5, 5.41) is 4.12. The molecule has 0 N–H and O–H groups in total. The van der Waals surface area contributed by atoms with Gasteiger partial charge in [0, 0.05) is 50.7 Å². The minimum atomic E-state index is 0.109. The summed E-state index contributed by atoms with van der Waals surface area (Å²) in [6.07, 6.45) is 10.3. The highest BCUT2D eigenvalue weighted by Gasteiger charge is 2.31. The van der Waals surface area contributed by atoms with E-state index in [9.17, 15) is 4.79 Å². The van der Waals surface area contributed by atoms with Crippen molar-refractivity contribution in [1.29, 1.82) is 0 Å². The Bertz CT molecular complexity index is 742. The summed E-state index contributed by atoms with van der Waals surface area (Å²) in [6, 6.07) is 0. The number of hydrogen-bond donors (Lipinski definition) is 0. The van der Waals surface area contributed by atoms with E-state index < -0.39 is 0 Å². The second-order valence-corrected chi connectivity index (χ2v) is 7.30. The molecule has 1 aliphatic heterocycles. The third-order valence-corrected chi connectivity index (χ3v) is 5.23. The molecule has 4 rings (SSSR count). The van der Waals surface area contributed by atoms with Crippen molar-refractivity contribution in [3.05, 3.63) is 35.7 Å². The quantitative estimate of drug-likeness (QED) is 0.866. The second-order valence-electron chi connectivity index (χ2n) is 7.30. The zero-order chi connectivity index (χ0) is 16.7. The predicted molar refractivity (Wildman–Crippen MR) is 90.8 cm³/mol. The number of hydrogen-bond acceptors (Lipinski definition) is 3. The van der Waals surface area contributed by atoms with Crippen molar-refractivity contribution < 1.29 is 4.79 Å². The van der Waals surface area contributed by atoms with Gasteiger partial charge in [-0.25, -0.2) is 4.98 Å². The summed E-state index contributed by atoms with van der Waals surface area (Å²) in [6.45, 7) is 4.80. The molecule has 2 aromatic rings. The third-order valence-electron chi connectivity index (χ3n) is 5.23. The largest absolute Gasteiger partial charge is 0.338 e. The third kappa shape index (κ3) is 2.97. The minimum Gasteiger partial charge on any atom is -0.338 e. The van der Waals surface area contributed by atoms with Crippen LogP contribution in [0.3, 0.4) is 0 Å². The van der Waals surface area contributed by atoms with Crippen LogP contribution >= 0.6 is 0 Å². The van der Waals surface area contributed by atoms with Crippen LogP contribution in [0, 0.1) is 12.8 Å². The molecule has 1 aliphatic carbocycles. The van der Waals surface area contributed by atoms with Crippen LogP contribution < -0.4 is 0 Å². The Morgan fingerprint density at radius 2 is 2.12 bits per heavy atom. The predicted octanol–water partition coefficient (Wildman–Crippen LogP) is 2.35. The Kier molecular flexibility index (Phi) is 3.90. The molecule has 0 aromatic carbocycles. The van der Waals surface area contributed by atoms with Gasteiger partial charge >= 0.3 is 0 Å². The highest BCUT2D eigenvalue weighted by atomic mass is 16.2. The van der Waals surface area contributed by atoms with Crippen LogP contribution in [0.1, 0.15) is 53.5 Å². The van der Waals surface area contributed by atoms with Crippen molar-refractivity contribution in [1.82, 2.24) is 24.2 Å². The fraction of sp³-hybridized carbons (Fsp3) is 0.611. The van der Waals surface area contributed by atoms with E-state index in [1.54, 1.807) is 17.1 Å². The van der Waals surface area contributed by atoms with E-state index in [2.05, 4.69) is 21.6 Å². The maximum absolute atomic E-state index is 12.7. The van der Waals surface area contributed by atoms with Crippen molar-refractivity contribution in [3.8, 4) is 0 Å². The summed E-state index contributed by atoms with van der Waals surface area (Å²) in [4.78, 5) is 19.3. The van der Waals surface area contributed by atoms with Gasteiger partial charge in [0.2, 0.25) is 0 Å². The number of rotatable bonds is 4. The molecule has 1 saturated heterocycles. The van der Waals surface area contributed by atoms with Crippen molar-refractivity contribution in [2.75, 3.05) is 13.1 Å². The van der Waals surface area contributed by atoms with Crippen molar-refractivity contribution in [2.45, 2.75) is 45.1 Å². The van der Waals surface area contributed by atoms with Gasteiger partial charge in [-0.3, -0.25) is 9.48 Å². The first-order valence-corrected chi connectivity index (χ1v) is 8.91. The van der Waals surface area contributed by atoms with Crippen LogP contribution in [0.15, 0.2) is 18.6 Å². The molecule has 0 spiro atoms. The van der Waals surface area contributed by atoms with E-state index >= 15 is 0 Å². The number of aryl methyl sites for hydroxylation is 2. The summed E-state index contributed by atoms with van der Waals surface area (Å²) >= 11 is 0. The van der Waals surface area contributed by atoms with Crippen molar-refractivity contribution in [2.24, 2.45) is 13.0 Å². The van der Waals surface area contributed by atoms with Crippen molar-refractivity contribution >= 4 is 5.91 Å². The monoisotopic (exact) mass is 327 g/mol. The molecule has 0 radical (unpaired) electrons. The fourth-order valence-electron chi connectivity index (χ4n) is 3.76. The summed E-state index contributed by atoms with van der Waals surface area (Å²) in [5.74, 6) is 2.53. The van der Waals surface area contributed by atoms with Crippen LogP contribution in [-0.4, -0.2) is 43.2 Å². The minimum absolute atomic E-state index is 0.109. The summed E-state index contributed by atoms with van der Waals surface area (Å²) in [7, 11) is 1.84. The van der Waals surface area contributed by atoms with Gasteiger partial charge in [0.25, 0.3) is 5.91 Å². The molecule has 24 heavy (non-hydrogen) atoms. The molecule has 1 amide bonds. The number of imidazole rings is 1. The average Bonchev–Trinajstić information content (AvgIpc) is 3.24. The molecule has 6 heteroatoms. The number of nitrogens with zero attached hydrogens (tertiary/aromatic N) is 5. The Morgan fingerprint density at radius 3 is 2.83 bits per heavy atom. The van der Waals surface area contributed by atoms with Gasteiger partial charge in [-0.05, 0) is 38.5 Å². The zero-order valence-corrected chi connectivity index (χ0v) is 14.5. The SMILES string of the molecule is Cc1cnc(C2CC2)n1CC1CCCN(C(=O)c2cnn(C)c2)C1. The number of carbonyl (C=O) groups excluding carboxylic acids is 1. The van der Waals surface area contributed by atoms with Gasteiger partial charge in [-0.1, -0.05) is 0 Å². The highest BCUT2D eigenvalue weighted by molar-refractivity contribution is 5.93. The lowest BCUT2D eigenvalue weighted by Gasteiger charge is -2.33. The second kappa shape index (κ2) is 6.07. The maximum Gasteiger partial charge on any atom is 0.257 e. The first kappa shape index (κ1) is 15.4. The van der Waals surface area contributed by atoms with E-state index in [0.29, 0.717) is 17.4 Å². The topological polar surface area (TPSA) is 56.0 Å².